The minimum Gasteiger partial charge on any atom is -0.494 e. The van der Waals surface area contributed by atoms with E-state index in [9.17, 15) is 0 Å². The molecule has 0 unspecified atom stereocenters. The zero-order valence-corrected chi connectivity index (χ0v) is 16.0. The molecule has 0 N–H and O–H groups in total. The molecule has 0 aliphatic carbocycles. The molecule has 0 fully saturated rings. The summed E-state index contributed by atoms with van der Waals surface area (Å²) in [5, 5.41) is 8.71. The van der Waals surface area contributed by atoms with Gasteiger partial charge in [-0.25, -0.2) is 4.68 Å². The highest BCUT2D eigenvalue weighted by Crippen LogP contribution is 2.35. The van der Waals surface area contributed by atoms with Gasteiger partial charge in [-0.3, -0.25) is 0 Å². The molecule has 1 aromatic heterocycles. The molecule has 0 spiro atoms. The number of hydrogen-bond donors (Lipinski definition) is 0. The average Bonchev–Trinajstić information content (AvgIpc) is 3.20. The van der Waals surface area contributed by atoms with Crippen LogP contribution in [-0.4, -0.2) is 22.1 Å². The molecule has 1 heterocycles. The minimum atomic E-state index is 0.760. The predicted molar refractivity (Wildman–Crippen MR) is 109 cm³/mol. The van der Waals surface area contributed by atoms with Crippen LogP contribution in [0.3, 0.4) is 0 Å². The van der Waals surface area contributed by atoms with E-state index in [4.69, 9.17) is 4.74 Å². The number of para-hydroxylation sites is 2. The van der Waals surface area contributed by atoms with Crippen LogP contribution in [0.1, 0.15) is 5.56 Å². The van der Waals surface area contributed by atoms with E-state index in [1.54, 1.807) is 23.6 Å². The molecule has 0 radical (unpaired) electrons. The van der Waals surface area contributed by atoms with Gasteiger partial charge >= 0.3 is 0 Å². The van der Waals surface area contributed by atoms with Crippen molar-refractivity contribution >= 4 is 11.8 Å². The van der Waals surface area contributed by atoms with E-state index in [2.05, 4.69) is 53.6 Å². The van der Waals surface area contributed by atoms with Gasteiger partial charge in [0, 0.05) is 15.4 Å². The summed E-state index contributed by atoms with van der Waals surface area (Å²) in [7, 11) is 1.66. The second kappa shape index (κ2) is 7.68. The van der Waals surface area contributed by atoms with Crippen LogP contribution in [0.4, 0.5) is 0 Å². The van der Waals surface area contributed by atoms with Gasteiger partial charge in [0.25, 0.3) is 0 Å². The Morgan fingerprint density at radius 1 is 0.889 bits per heavy atom. The predicted octanol–water partition coefficient (Wildman–Crippen LogP) is 5.40. The first-order chi connectivity index (χ1) is 13.2. The molecule has 27 heavy (non-hydrogen) atoms. The first-order valence-corrected chi connectivity index (χ1v) is 9.46. The normalized spacial score (nSPS) is 10.7. The van der Waals surface area contributed by atoms with Crippen LogP contribution in [0.25, 0.3) is 16.9 Å². The summed E-state index contributed by atoms with van der Waals surface area (Å²) >= 11 is 1.73. The maximum absolute atomic E-state index is 5.43. The number of aromatic nitrogens is 3. The molecule has 0 atom stereocenters. The van der Waals surface area contributed by atoms with Crippen LogP contribution in [0.2, 0.25) is 0 Å². The van der Waals surface area contributed by atoms with Gasteiger partial charge in [-0.15, -0.1) is 5.10 Å². The molecule has 0 saturated carbocycles. The highest BCUT2D eigenvalue weighted by atomic mass is 32.2. The molecular formula is C22H19N3OS. The molecule has 4 nitrogen and oxygen atoms in total. The van der Waals surface area contributed by atoms with E-state index in [1.807, 2.05) is 42.6 Å². The Labute approximate surface area is 162 Å². The Bertz CT molecular complexity index is 1060. The van der Waals surface area contributed by atoms with Gasteiger partial charge in [0.05, 0.1) is 13.3 Å². The van der Waals surface area contributed by atoms with E-state index in [0.29, 0.717) is 0 Å². The van der Waals surface area contributed by atoms with E-state index in [1.165, 1.54) is 10.5 Å². The van der Waals surface area contributed by atoms with E-state index >= 15 is 0 Å². The van der Waals surface area contributed by atoms with Crippen LogP contribution in [-0.2, 0) is 0 Å². The number of rotatable bonds is 5. The first kappa shape index (κ1) is 17.4. The maximum atomic E-state index is 5.43. The maximum Gasteiger partial charge on any atom is 0.144 e. The topological polar surface area (TPSA) is 39.9 Å². The first-order valence-electron chi connectivity index (χ1n) is 8.64. The number of hydrogen-bond acceptors (Lipinski definition) is 4. The van der Waals surface area contributed by atoms with Crippen LogP contribution in [0.5, 0.6) is 5.75 Å². The lowest BCUT2D eigenvalue weighted by Crippen LogP contribution is -1.98. The number of nitrogens with zero attached hydrogens (tertiary/aromatic N) is 3. The second-order valence-electron chi connectivity index (χ2n) is 6.13. The highest BCUT2D eigenvalue weighted by Gasteiger charge is 2.12. The molecule has 4 aromatic rings. The molecule has 0 amide bonds. The molecule has 4 rings (SSSR count). The van der Waals surface area contributed by atoms with Gasteiger partial charge in [-0.1, -0.05) is 65.0 Å². The molecule has 3 aromatic carbocycles. The van der Waals surface area contributed by atoms with Crippen LogP contribution in [0.15, 0.2) is 88.8 Å². The third kappa shape index (κ3) is 3.73. The summed E-state index contributed by atoms with van der Waals surface area (Å²) in [6.07, 6.45) is 1.94. The Balaban J connectivity index is 1.69. The van der Waals surface area contributed by atoms with Crippen molar-refractivity contribution in [2.75, 3.05) is 7.11 Å². The smallest absolute Gasteiger partial charge is 0.144 e. The molecule has 5 heteroatoms. The zero-order valence-electron chi connectivity index (χ0n) is 15.2. The summed E-state index contributed by atoms with van der Waals surface area (Å²) in [4.78, 5) is 2.35. The lowest BCUT2D eigenvalue weighted by atomic mass is 10.2. The molecular weight excluding hydrogens is 354 g/mol. The summed E-state index contributed by atoms with van der Waals surface area (Å²) in [6, 6.07) is 24.6. The summed E-state index contributed by atoms with van der Waals surface area (Å²) in [5.74, 6) is 0.760. The molecule has 0 aliphatic rings. The molecule has 134 valence electrons. The van der Waals surface area contributed by atoms with Crippen molar-refractivity contribution in [1.82, 2.24) is 15.0 Å². The lowest BCUT2D eigenvalue weighted by molar-refractivity contribution is 0.411. The Hall–Kier alpha value is -3.05. The van der Waals surface area contributed by atoms with Crippen molar-refractivity contribution < 1.29 is 4.74 Å². The zero-order chi connectivity index (χ0) is 18.6. The van der Waals surface area contributed by atoms with Crippen LogP contribution in [0, 0.1) is 6.92 Å². The van der Waals surface area contributed by atoms with E-state index in [-0.39, 0.29) is 0 Å². The largest absolute Gasteiger partial charge is 0.494 e. The SMILES string of the molecule is COc1ccccc1-n1cc(-c2ccccc2Sc2ccc(C)cc2)nn1. The monoisotopic (exact) mass is 373 g/mol. The Morgan fingerprint density at radius 2 is 1.63 bits per heavy atom. The van der Waals surface area contributed by atoms with Gasteiger partial charge in [0.2, 0.25) is 0 Å². The number of ether oxygens (including phenoxy) is 1. The van der Waals surface area contributed by atoms with Crippen LogP contribution < -0.4 is 4.74 Å². The van der Waals surface area contributed by atoms with Crippen LogP contribution >= 0.6 is 11.8 Å². The van der Waals surface area contributed by atoms with E-state index < -0.39 is 0 Å². The van der Waals surface area contributed by atoms with Crippen molar-refractivity contribution in [3.63, 3.8) is 0 Å². The van der Waals surface area contributed by atoms with E-state index in [0.717, 1.165) is 27.6 Å². The average molecular weight is 373 g/mol. The summed E-state index contributed by atoms with van der Waals surface area (Å²) < 4.78 is 7.19. The number of aryl methyl sites for hydroxylation is 1. The third-order valence-corrected chi connectivity index (χ3v) is 5.32. The molecule has 0 bridgehead atoms. The second-order valence-corrected chi connectivity index (χ2v) is 7.25. The summed E-state index contributed by atoms with van der Waals surface area (Å²) in [5.41, 5.74) is 4.01. The molecule has 0 aliphatic heterocycles. The van der Waals surface area contributed by atoms with Crippen molar-refractivity contribution in [3.8, 4) is 22.7 Å². The van der Waals surface area contributed by atoms with Gasteiger partial charge in [-0.2, -0.15) is 0 Å². The quantitative estimate of drug-likeness (QED) is 0.469. The van der Waals surface area contributed by atoms with Crippen molar-refractivity contribution in [2.24, 2.45) is 0 Å². The highest BCUT2D eigenvalue weighted by molar-refractivity contribution is 7.99. The fourth-order valence-electron chi connectivity index (χ4n) is 2.82. The van der Waals surface area contributed by atoms with Crippen molar-refractivity contribution in [2.45, 2.75) is 16.7 Å². The fraction of sp³-hybridized carbons (Fsp3) is 0.0909. The Morgan fingerprint density at radius 3 is 2.44 bits per heavy atom. The fourth-order valence-corrected chi connectivity index (χ4v) is 3.78. The van der Waals surface area contributed by atoms with Crippen molar-refractivity contribution in [3.05, 3.63) is 84.6 Å². The van der Waals surface area contributed by atoms with Gasteiger partial charge in [0.1, 0.15) is 17.1 Å². The summed E-state index contributed by atoms with van der Waals surface area (Å²) in [6.45, 7) is 2.10. The van der Waals surface area contributed by atoms with Crippen molar-refractivity contribution in [1.29, 1.82) is 0 Å². The standard InChI is InChI=1S/C22H19N3OS/c1-16-11-13-17(14-12-16)27-22-10-6-3-7-18(22)19-15-25(24-23-19)20-8-4-5-9-21(20)26-2/h3-15H,1-2H3. The number of methoxy groups -OCH3 is 1. The lowest BCUT2D eigenvalue weighted by Gasteiger charge is -2.08. The van der Waals surface area contributed by atoms with Gasteiger partial charge < -0.3 is 4.74 Å². The Kier molecular flexibility index (Phi) is 4.94. The molecule has 0 saturated heterocycles. The van der Waals surface area contributed by atoms with Gasteiger partial charge in [-0.05, 0) is 37.3 Å². The van der Waals surface area contributed by atoms with Gasteiger partial charge in [0.15, 0.2) is 0 Å². The minimum absolute atomic E-state index is 0.760. The number of benzene rings is 3. The third-order valence-electron chi connectivity index (χ3n) is 4.24.